The standard InChI is InChI=1S/C81H141N2O7P/c1-7-10-13-16-19-22-25-28-30-32-34-36-38-40-41-43-45-47-49-51-53-56-59-62-65-68-71-74-81(85)90-79(72-69-66-63-60-57-54-27-24-21-18-15-12-9-3)78(77-89-91(86,87)88-76-75-83(4,5)6)82-80(84)73-70-67-64-61-58-55-52-50-48-46-44-42-39-37-35-33-31-29-26-23-20-17-14-11-8-2/h10,13,19-20,22-23,28-31,34-37,40-42,44-45,47,69,72,78-79H,7-9,11-12,14-18,21,24-27,32-33,38-39,43,46,48-68,70-71,73-77H2,1-6H3,(H-,82,84,86,87)/p+1/b13-10-,22-19-,23-20-,30-28-,31-29-,36-34-,37-35-,41-40-,44-42-,47-45-,72-69+. The van der Waals surface area contributed by atoms with E-state index in [4.69, 9.17) is 13.8 Å². The van der Waals surface area contributed by atoms with Crippen LogP contribution < -0.4 is 5.32 Å². The topological polar surface area (TPSA) is 111 Å². The second-order valence-electron chi connectivity index (χ2n) is 26.1. The molecule has 3 unspecified atom stereocenters. The Morgan fingerprint density at radius 2 is 0.703 bits per heavy atom. The molecule has 0 aliphatic heterocycles. The zero-order chi connectivity index (χ0) is 66.3. The lowest BCUT2D eigenvalue weighted by molar-refractivity contribution is -0.870. The third-order valence-corrected chi connectivity index (χ3v) is 17.1. The van der Waals surface area contributed by atoms with E-state index in [1.807, 2.05) is 33.3 Å². The predicted octanol–water partition coefficient (Wildman–Crippen LogP) is 24.3. The number of esters is 1. The Kier molecular flexibility index (Phi) is 66.1. The van der Waals surface area contributed by atoms with Gasteiger partial charge >= 0.3 is 13.8 Å². The summed E-state index contributed by atoms with van der Waals surface area (Å²) in [4.78, 5) is 38.0. The highest BCUT2D eigenvalue weighted by Crippen LogP contribution is 2.43. The number of ether oxygens (including phenoxy) is 1. The van der Waals surface area contributed by atoms with Gasteiger partial charge in [0.1, 0.15) is 19.3 Å². The SMILES string of the molecule is CC/C=C\C/C=C\C/C=C\C/C=C\C/C=C\C/C=C\CCCCCCCCCCC(=O)OC(/C=C/CCCCCCCCCCCCC)C(COP(=O)(O)OCC[N+](C)(C)C)NC(=O)CCCCCCCCCCC/C=C\C/C=C\C/C=C\C/C=C\CCCCC. The van der Waals surface area contributed by atoms with Gasteiger partial charge in [-0.15, -0.1) is 0 Å². The monoisotopic (exact) mass is 1290 g/mol. The number of quaternary nitrogens is 1. The molecule has 522 valence electrons. The van der Waals surface area contributed by atoms with Crippen molar-refractivity contribution in [1.29, 1.82) is 0 Å². The lowest BCUT2D eigenvalue weighted by atomic mass is 10.0. The van der Waals surface area contributed by atoms with Crippen LogP contribution >= 0.6 is 7.82 Å². The fourth-order valence-electron chi connectivity index (χ4n) is 10.3. The number of likely N-dealkylation sites (N-methyl/N-ethyl adjacent to an activating group) is 1. The van der Waals surface area contributed by atoms with Crippen LogP contribution in [0.25, 0.3) is 0 Å². The van der Waals surface area contributed by atoms with E-state index < -0.39 is 20.0 Å². The lowest BCUT2D eigenvalue weighted by Gasteiger charge is -2.27. The average molecular weight is 1290 g/mol. The molecule has 0 spiro atoms. The van der Waals surface area contributed by atoms with E-state index in [0.717, 1.165) is 141 Å². The largest absolute Gasteiger partial charge is 0.472 e. The smallest absolute Gasteiger partial charge is 0.456 e. The number of phosphoric acid groups is 1. The summed E-state index contributed by atoms with van der Waals surface area (Å²) < 4.78 is 30.9. The first-order valence-corrected chi connectivity index (χ1v) is 39.0. The highest BCUT2D eigenvalue weighted by Gasteiger charge is 2.30. The van der Waals surface area contributed by atoms with Crippen molar-refractivity contribution in [1.82, 2.24) is 5.32 Å². The second kappa shape index (κ2) is 69.0. The van der Waals surface area contributed by atoms with Crippen molar-refractivity contribution in [2.24, 2.45) is 0 Å². The van der Waals surface area contributed by atoms with Crippen LogP contribution in [-0.4, -0.2) is 74.3 Å². The van der Waals surface area contributed by atoms with Crippen molar-refractivity contribution in [2.75, 3.05) is 40.9 Å². The van der Waals surface area contributed by atoms with Gasteiger partial charge in [-0.2, -0.15) is 0 Å². The van der Waals surface area contributed by atoms with E-state index in [0.29, 0.717) is 17.4 Å². The van der Waals surface area contributed by atoms with Crippen molar-refractivity contribution < 1.29 is 37.3 Å². The molecule has 0 rings (SSSR count). The molecule has 0 aliphatic carbocycles. The van der Waals surface area contributed by atoms with Crippen molar-refractivity contribution in [3.05, 3.63) is 134 Å². The van der Waals surface area contributed by atoms with E-state index in [1.54, 1.807) is 0 Å². The highest BCUT2D eigenvalue weighted by molar-refractivity contribution is 7.47. The number of carbonyl (C=O) groups is 2. The maximum absolute atomic E-state index is 13.7. The van der Waals surface area contributed by atoms with Gasteiger partial charge in [0.25, 0.3) is 0 Å². The molecule has 0 saturated carbocycles. The van der Waals surface area contributed by atoms with Crippen molar-refractivity contribution in [2.45, 2.75) is 328 Å². The van der Waals surface area contributed by atoms with Gasteiger partial charge in [0, 0.05) is 12.8 Å². The van der Waals surface area contributed by atoms with Gasteiger partial charge in [-0.3, -0.25) is 18.6 Å². The fourth-order valence-corrected chi connectivity index (χ4v) is 11.1. The first-order valence-electron chi connectivity index (χ1n) is 37.5. The maximum atomic E-state index is 13.7. The summed E-state index contributed by atoms with van der Waals surface area (Å²) in [7, 11) is 1.47. The first-order chi connectivity index (χ1) is 44.4. The summed E-state index contributed by atoms with van der Waals surface area (Å²) in [5, 5.41) is 3.07. The van der Waals surface area contributed by atoms with Gasteiger partial charge < -0.3 is 19.4 Å². The molecular formula is C81H142N2O7P+. The molecule has 9 nitrogen and oxygen atoms in total. The van der Waals surface area contributed by atoms with Crippen LogP contribution in [0.2, 0.25) is 0 Å². The Hall–Kier alpha value is -3.85. The molecule has 0 aromatic carbocycles. The Bertz CT molecular complexity index is 2020. The number of hydrogen-bond donors (Lipinski definition) is 2. The number of unbranched alkanes of at least 4 members (excludes halogenated alkanes) is 31. The van der Waals surface area contributed by atoms with Gasteiger partial charge in [0.2, 0.25) is 5.91 Å². The zero-order valence-electron chi connectivity index (χ0n) is 59.8. The number of amides is 1. The molecule has 0 bridgehead atoms. The number of rotatable bonds is 67. The van der Waals surface area contributed by atoms with Crippen molar-refractivity contribution in [3.63, 3.8) is 0 Å². The molecule has 0 aromatic heterocycles. The lowest BCUT2D eigenvalue weighted by Crippen LogP contribution is -2.47. The molecule has 0 aliphatic rings. The summed E-state index contributed by atoms with van der Waals surface area (Å²) in [5.74, 6) is -0.522. The first kappa shape index (κ1) is 87.2. The van der Waals surface area contributed by atoms with E-state index >= 15 is 0 Å². The van der Waals surface area contributed by atoms with Gasteiger partial charge in [0.15, 0.2) is 0 Å². The number of hydrogen-bond acceptors (Lipinski definition) is 6. The predicted molar refractivity (Wildman–Crippen MR) is 396 cm³/mol. The molecule has 1 amide bonds. The fraction of sp³-hybridized carbons (Fsp3) is 0.704. The van der Waals surface area contributed by atoms with Crippen LogP contribution in [0.3, 0.4) is 0 Å². The molecule has 3 atom stereocenters. The molecule has 0 saturated heterocycles. The zero-order valence-corrected chi connectivity index (χ0v) is 60.7. The van der Waals surface area contributed by atoms with Crippen LogP contribution in [0, 0.1) is 0 Å². The van der Waals surface area contributed by atoms with Gasteiger partial charge in [-0.05, 0) is 128 Å². The quantitative estimate of drug-likeness (QED) is 0.0205. The third kappa shape index (κ3) is 70.3. The van der Waals surface area contributed by atoms with Crippen LogP contribution in [0.15, 0.2) is 134 Å². The van der Waals surface area contributed by atoms with E-state index in [1.165, 1.54) is 141 Å². The molecule has 0 radical (unpaired) electrons. The molecule has 2 N–H and O–H groups in total. The molecular weight excluding hydrogens is 1140 g/mol. The Morgan fingerprint density at radius 3 is 1.08 bits per heavy atom. The average Bonchev–Trinajstić information content (AvgIpc) is 3.73. The molecule has 91 heavy (non-hydrogen) atoms. The summed E-state index contributed by atoms with van der Waals surface area (Å²) in [6, 6.07) is -0.866. The summed E-state index contributed by atoms with van der Waals surface area (Å²) >= 11 is 0. The van der Waals surface area contributed by atoms with Gasteiger partial charge in [-0.1, -0.05) is 309 Å². The highest BCUT2D eigenvalue weighted by atomic mass is 31.2. The van der Waals surface area contributed by atoms with Crippen LogP contribution in [-0.2, 0) is 27.9 Å². The Morgan fingerprint density at radius 1 is 0.396 bits per heavy atom. The molecule has 0 heterocycles. The number of carbonyl (C=O) groups excluding carboxylic acids is 2. The van der Waals surface area contributed by atoms with Crippen LogP contribution in [0.4, 0.5) is 0 Å². The number of nitrogens with zero attached hydrogens (tertiary/aromatic N) is 1. The summed E-state index contributed by atoms with van der Waals surface area (Å²) in [5.41, 5.74) is 0. The van der Waals surface area contributed by atoms with Crippen molar-refractivity contribution >= 4 is 19.7 Å². The van der Waals surface area contributed by atoms with Crippen molar-refractivity contribution in [3.8, 4) is 0 Å². The second-order valence-corrected chi connectivity index (χ2v) is 27.5. The van der Waals surface area contributed by atoms with E-state index in [9.17, 15) is 19.0 Å². The molecule has 0 fully saturated rings. The Labute approximate surface area is 562 Å². The minimum atomic E-state index is -4.47. The number of phosphoric ester groups is 1. The minimum Gasteiger partial charge on any atom is -0.456 e. The van der Waals surface area contributed by atoms with E-state index in [2.05, 4.69) is 148 Å². The van der Waals surface area contributed by atoms with E-state index in [-0.39, 0.29) is 31.5 Å². The van der Waals surface area contributed by atoms with Crippen LogP contribution in [0.1, 0.15) is 316 Å². The molecule has 10 heteroatoms. The maximum Gasteiger partial charge on any atom is 0.472 e. The Balaban J connectivity index is 5.11. The van der Waals surface area contributed by atoms with Gasteiger partial charge in [-0.25, -0.2) is 4.57 Å². The summed E-state index contributed by atoms with van der Waals surface area (Å²) in [6.07, 6.45) is 98.9. The third-order valence-electron chi connectivity index (χ3n) is 16.1. The number of allylic oxidation sites excluding steroid dienone is 21. The normalized spacial score (nSPS) is 14.2. The molecule has 0 aromatic rings. The van der Waals surface area contributed by atoms with Gasteiger partial charge in [0.05, 0.1) is 33.8 Å². The minimum absolute atomic E-state index is 0.0312. The number of nitrogens with one attached hydrogen (secondary N) is 1. The summed E-state index contributed by atoms with van der Waals surface area (Å²) in [6.45, 7) is 6.88. The van der Waals surface area contributed by atoms with Crippen LogP contribution in [0.5, 0.6) is 0 Å².